The number of nitrogens with zero attached hydrogens (tertiary/aromatic N) is 2. The second-order valence-electron chi connectivity index (χ2n) is 22.7. The van der Waals surface area contributed by atoms with Crippen molar-refractivity contribution in [3.63, 3.8) is 0 Å². The highest BCUT2D eigenvalue weighted by atomic mass is 16.7. The number of allylic oxidation sites excluding steroid dienone is 1. The van der Waals surface area contributed by atoms with Crippen molar-refractivity contribution in [1.82, 2.24) is 20.4 Å². The second kappa shape index (κ2) is 17.8. The molecule has 3 aliphatic heterocycles. The van der Waals surface area contributed by atoms with E-state index >= 15 is 0 Å². The molecule has 0 bridgehead atoms. The number of aliphatic hydroxyl groups excluding tert-OH is 2. The van der Waals surface area contributed by atoms with Crippen LogP contribution in [0.4, 0.5) is 9.59 Å². The molecule has 59 heavy (non-hydrogen) atoms. The lowest BCUT2D eigenvalue weighted by molar-refractivity contribution is -0.139. The number of rotatable bonds is 10. The zero-order valence-corrected chi connectivity index (χ0v) is 40.0. The van der Waals surface area contributed by atoms with Crippen LogP contribution in [0.15, 0.2) is 12.7 Å². The second-order valence-corrected chi connectivity index (χ2v) is 22.7. The fraction of sp³-hybridized carbons (Fsp3) is 0.864. The number of carbonyl (C=O) groups is 4. The van der Waals surface area contributed by atoms with E-state index in [9.17, 15) is 29.4 Å². The van der Waals surface area contributed by atoms with Crippen LogP contribution in [0.3, 0.4) is 0 Å². The highest BCUT2D eigenvalue weighted by Gasteiger charge is 2.62. The first-order valence-electron chi connectivity index (χ1n) is 21.2. The topological polar surface area (TPSA) is 176 Å². The molecule has 3 rings (SSSR count). The van der Waals surface area contributed by atoms with Crippen LogP contribution < -0.4 is 10.6 Å². The lowest BCUT2D eigenvalue weighted by Crippen LogP contribution is -2.56. The number of aliphatic hydroxyl groups is 2. The Labute approximate surface area is 356 Å². The van der Waals surface area contributed by atoms with E-state index in [1.807, 2.05) is 96.9 Å². The molecule has 3 heterocycles. The van der Waals surface area contributed by atoms with Gasteiger partial charge in [0, 0.05) is 48.1 Å². The first-order chi connectivity index (χ1) is 26.4. The van der Waals surface area contributed by atoms with E-state index in [1.165, 1.54) is 4.90 Å². The highest BCUT2D eigenvalue weighted by molar-refractivity contribution is 6.45. The summed E-state index contributed by atoms with van der Waals surface area (Å²) < 4.78 is 23.3. The summed E-state index contributed by atoms with van der Waals surface area (Å²) in [4.78, 5) is 55.2. The smallest absolute Gasteiger partial charge is 0.444 e. The van der Waals surface area contributed by atoms with Crippen molar-refractivity contribution in [2.45, 2.75) is 184 Å². The Kier molecular flexibility index (Phi) is 15.8. The minimum Gasteiger partial charge on any atom is -0.444 e. The van der Waals surface area contributed by atoms with Crippen molar-refractivity contribution >= 4 is 31.1 Å². The quantitative estimate of drug-likeness (QED) is 0.137. The molecule has 3 fully saturated rings. The van der Waals surface area contributed by atoms with Crippen LogP contribution in [0, 0.1) is 21.7 Å². The van der Waals surface area contributed by atoms with E-state index < -0.39 is 67.3 Å². The maximum atomic E-state index is 13.5. The molecule has 15 heteroatoms. The summed E-state index contributed by atoms with van der Waals surface area (Å²) in [6, 6.07) is 0. The Morgan fingerprint density at radius 2 is 1.02 bits per heavy atom. The predicted molar refractivity (Wildman–Crippen MR) is 232 cm³/mol. The van der Waals surface area contributed by atoms with Crippen molar-refractivity contribution in [3.05, 3.63) is 12.7 Å². The van der Waals surface area contributed by atoms with Gasteiger partial charge in [-0.25, -0.2) is 9.59 Å². The van der Waals surface area contributed by atoms with Crippen LogP contribution in [-0.2, 0) is 28.4 Å². The lowest BCUT2D eigenvalue weighted by atomic mass is 9.63. The number of hydrogen-bond donors (Lipinski definition) is 4. The summed E-state index contributed by atoms with van der Waals surface area (Å²) in [7, 11) is -0.348. The van der Waals surface area contributed by atoms with Gasteiger partial charge in [-0.15, -0.1) is 6.58 Å². The van der Waals surface area contributed by atoms with Gasteiger partial charge in [0.15, 0.2) is 0 Å². The van der Waals surface area contributed by atoms with Crippen LogP contribution in [0.1, 0.15) is 144 Å². The number of carbonyl (C=O) groups excluding carboxylic acids is 4. The van der Waals surface area contributed by atoms with Gasteiger partial charge in [-0.3, -0.25) is 9.59 Å². The number of likely N-dealkylation sites (tertiary alicyclic amines) is 2. The maximum Gasteiger partial charge on any atom is 0.457 e. The van der Waals surface area contributed by atoms with Crippen LogP contribution in [0.25, 0.3) is 0 Å². The number of ether oxygens (including phenoxy) is 2. The van der Waals surface area contributed by atoms with Crippen LogP contribution in [0.5, 0.6) is 0 Å². The predicted octanol–water partition coefficient (Wildman–Crippen LogP) is 6.72. The van der Waals surface area contributed by atoms with Crippen molar-refractivity contribution in [3.8, 4) is 0 Å². The number of nitrogens with one attached hydrogen (secondary N) is 2. The standard InChI is InChI=1S/C25H47BN2O6.C19H34N2O4/c1-20(2,3)27-18(30)24(11)15-28(19(31)32-21(4,5)6)16-25(24,17-29)13-12-14-26-33-22(7,8)23(9,10)34-26;1-9-10-19(13-22)12-21(15(24)25-17(5,6)7)11-18(19,8)14(23)20-16(2,3)4/h29H,12-17H2,1-11H3,(H,27,30);9,22H,1,10-13H2,2-8H3,(H,20,23). The Hall–Kier alpha value is -2.88. The monoisotopic (exact) mass is 837 g/mol. The molecule has 340 valence electrons. The van der Waals surface area contributed by atoms with E-state index in [4.69, 9.17) is 18.8 Å². The molecule has 0 aliphatic carbocycles. The van der Waals surface area contributed by atoms with Crippen LogP contribution >= 0.6 is 0 Å². The molecule has 0 aromatic rings. The fourth-order valence-electron chi connectivity index (χ4n) is 7.99. The molecule has 0 aromatic carbocycles. The summed E-state index contributed by atoms with van der Waals surface area (Å²) >= 11 is 0. The average molecular weight is 837 g/mol. The molecule has 0 aromatic heterocycles. The fourth-order valence-corrected chi connectivity index (χ4v) is 7.99. The molecule has 14 nitrogen and oxygen atoms in total. The van der Waals surface area contributed by atoms with Gasteiger partial charge in [0.05, 0.1) is 35.2 Å². The molecule has 3 saturated heterocycles. The number of amides is 4. The SMILES string of the molecule is C=CCC1(CO)CN(C(=O)OC(C)(C)C)CC1(C)C(=O)NC(C)(C)C.CC(C)(C)NC(=O)C1(C)CN(C(=O)OC(C)(C)C)CC1(CO)CCCB1OC(C)(C)C(C)(C)O1. The van der Waals surface area contributed by atoms with E-state index in [1.54, 1.807) is 38.7 Å². The van der Waals surface area contributed by atoms with Gasteiger partial charge in [0.25, 0.3) is 0 Å². The molecule has 4 N–H and O–H groups in total. The third-order valence-electron chi connectivity index (χ3n) is 12.2. The van der Waals surface area contributed by atoms with Crippen molar-refractivity contribution in [2.75, 3.05) is 39.4 Å². The summed E-state index contributed by atoms with van der Waals surface area (Å²) in [5.41, 5.74) is -6.47. The summed E-state index contributed by atoms with van der Waals surface area (Å²) in [6.07, 6.45) is 3.04. The van der Waals surface area contributed by atoms with Gasteiger partial charge in [0.1, 0.15) is 11.2 Å². The van der Waals surface area contributed by atoms with Gasteiger partial charge in [0.2, 0.25) is 11.8 Å². The first kappa shape index (κ1) is 52.3. The maximum absolute atomic E-state index is 13.5. The summed E-state index contributed by atoms with van der Waals surface area (Å²) in [5, 5.41) is 26.9. The minimum atomic E-state index is -0.984. The van der Waals surface area contributed by atoms with Crippen molar-refractivity contribution in [2.24, 2.45) is 21.7 Å². The van der Waals surface area contributed by atoms with Gasteiger partial charge in [-0.1, -0.05) is 12.5 Å². The Balaban J connectivity index is 0.000000427. The zero-order chi connectivity index (χ0) is 46.1. The molecule has 4 amide bonds. The first-order valence-corrected chi connectivity index (χ1v) is 21.2. The molecule has 4 atom stereocenters. The third-order valence-corrected chi connectivity index (χ3v) is 12.2. The van der Waals surface area contributed by atoms with E-state index in [0.717, 1.165) is 0 Å². The Morgan fingerprint density at radius 1 is 0.661 bits per heavy atom. The molecule has 4 unspecified atom stereocenters. The molecular formula is C44H81BN4O10. The molecule has 0 saturated carbocycles. The van der Waals surface area contributed by atoms with Gasteiger partial charge < -0.3 is 49.4 Å². The highest BCUT2D eigenvalue weighted by Crippen LogP contribution is 2.51. The summed E-state index contributed by atoms with van der Waals surface area (Å²) in [6.45, 7) is 38.3. The normalized spacial score (nSPS) is 28.1. The van der Waals surface area contributed by atoms with Gasteiger partial charge in [-0.2, -0.15) is 0 Å². The van der Waals surface area contributed by atoms with E-state index in [-0.39, 0.29) is 58.3 Å². The van der Waals surface area contributed by atoms with Crippen molar-refractivity contribution < 1.29 is 48.2 Å². The largest absolute Gasteiger partial charge is 0.457 e. The van der Waals surface area contributed by atoms with Crippen LogP contribution in [0.2, 0.25) is 6.32 Å². The lowest BCUT2D eigenvalue weighted by Gasteiger charge is -2.41. The average Bonchev–Trinajstić information content (AvgIpc) is 3.58. The third kappa shape index (κ3) is 12.6. The van der Waals surface area contributed by atoms with E-state index in [2.05, 4.69) is 17.2 Å². The molecular weight excluding hydrogens is 755 g/mol. The molecule has 3 aliphatic rings. The van der Waals surface area contributed by atoms with Crippen LogP contribution in [-0.4, -0.2) is 124 Å². The Bertz CT molecular complexity index is 1510. The number of hydrogen-bond acceptors (Lipinski definition) is 10. The summed E-state index contributed by atoms with van der Waals surface area (Å²) in [5.74, 6) is -0.349. The van der Waals surface area contributed by atoms with Gasteiger partial charge in [-0.05, 0) is 144 Å². The minimum absolute atomic E-state index is 0.171. The molecule has 0 spiro atoms. The van der Waals surface area contributed by atoms with E-state index in [0.29, 0.717) is 25.6 Å². The van der Waals surface area contributed by atoms with Gasteiger partial charge >= 0.3 is 19.3 Å². The Morgan fingerprint density at radius 3 is 1.34 bits per heavy atom. The molecule has 0 radical (unpaired) electrons. The zero-order valence-electron chi connectivity index (χ0n) is 40.0. The van der Waals surface area contributed by atoms with Crippen molar-refractivity contribution in [1.29, 1.82) is 0 Å².